The van der Waals surface area contributed by atoms with Crippen molar-refractivity contribution in [2.24, 2.45) is 5.10 Å². The third-order valence-electron chi connectivity index (χ3n) is 6.30. The fourth-order valence-corrected chi connectivity index (χ4v) is 5.25. The lowest BCUT2D eigenvalue weighted by molar-refractivity contribution is 0.304. The van der Waals surface area contributed by atoms with Crippen LogP contribution in [0.25, 0.3) is 33.5 Å². The van der Waals surface area contributed by atoms with Gasteiger partial charge in [0, 0.05) is 4.47 Å². The predicted molar refractivity (Wildman–Crippen MR) is 168 cm³/mol. The summed E-state index contributed by atoms with van der Waals surface area (Å²) in [6.45, 7) is 0.459. The van der Waals surface area contributed by atoms with Crippen LogP contribution >= 0.6 is 38.5 Å². The van der Waals surface area contributed by atoms with Gasteiger partial charge in [-0.05, 0) is 94.4 Å². The van der Waals surface area contributed by atoms with Crippen molar-refractivity contribution in [1.29, 1.82) is 0 Å². The lowest BCUT2D eigenvalue weighted by atomic mass is 10.2. The molecule has 0 atom stereocenters. The molecule has 0 amide bonds. The Morgan fingerprint density at radius 1 is 0.975 bits per heavy atom. The average Bonchev–Trinajstić information content (AvgIpc) is 3.41. The van der Waals surface area contributed by atoms with E-state index in [-0.39, 0.29) is 5.56 Å². The van der Waals surface area contributed by atoms with Crippen molar-refractivity contribution < 1.29 is 13.9 Å². The van der Waals surface area contributed by atoms with Crippen molar-refractivity contribution in [2.75, 3.05) is 7.11 Å². The molecule has 7 nitrogen and oxygen atoms in total. The minimum absolute atomic E-state index is 0.294. The molecular formula is C31H21BrIN3O4. The summed E-state index contributed by atoms with van der Waals surface area (Å²) in [6, 6.07) is 28.3. The van der Waals surface area contributed by atoms with E-state index in [4.69, 9.17) is 18.9 Å². The van der Waals surface area contributed by atoms with E-state index in [1.165, 1.54) is 4.68 Å². The molecule has 0 N–H and O–H groups in total. The van der Waals surface area contributed by atoms with Gasteiger partial charge in [0.05, 0.1) is 33.2 Å². The molecule has 0 saturated carbocycles. The molecule has 40 heavy (non-hydrogen) atoms. The Bertz CT molecular complexity index is 1950. The van der Waals surface area contributed by atoms with E-state index in [0.717, 1.165) is 30.3 Å². The van der Waals surface area contributed by atoms with Gasteiger partial charge in [-0.1, -0.05) is 46.3 Å². The predicted octanol–water partition coefficient (Wildman–Crippen LogP) is 7.65. The monoisotopic (exact) mass is 705 g/mol. The van der Waals surface area contributed by atoms with E-state index in [1.54, 1.807) is 31.5 Å². The SMILES string of the molecule is COc1cccc2oc(-c3nc4ccccc4c(=O)n3N=Cc3ccc(OCc4ccc(Br)cc4)c(I)c3)cc12. The van der Waals surface area contributed by atoms with Gasteiger partial charge in [0.15, 0.2) is 5.76 Å². The van der Waals surface area contributed by atoms with E-state index in [2.05, 4.69) is 43.6 Å². The van der Waals surface area contributed by atoms with E-state index in [1.807, 2.05) is 72.8 Å². The summed E-state index contributed by atoms with van der Waals surface area (Å²) in [7, 11) is 1.61. The van der Waals surface area contributed by atoms with Gasteiger partial charge in [0.25, 0.3) is 5.56 Å². The van der Waals surface area contributed by atoms with Gasteiger partial charge < -0.3 is 13.9 Å². The molecule has 0 fully saturated rings. The first-order valence-electron chi connectivity index (χ1n) is 12.3. The van der Waals surface area contributed by atoms with Crippen LogP contribution in [-0.4, -0.2) is 23.0 Å². The number of fused-ring (bicyclic) bond motifs is 2. The Morgan fingerprint density at radius 2 is 1.80 bits per heavy atom. The highest BCUT2D eigenvalue weighted by Crippen LogP contribution is 2.33. The molecule has 0 unspecified atom stereocenters. The van der Waals surface area contributed by atoms with Crippen LogP contribution in [0.3, 0.4) is 0 Å². The third-order valence-corrected chi connectivity index (χ3v) is 7.67. The fraction of sp³-hybridized carbons (Fsp3) is 0.0645. The molecule has 2 heterocycles. The maximum atomic E-state index is 13.6. The number of para-hydroxylation sites is 1. The standard InChI is InChI=1S/C31H21BrIN3O4/c1-38-26-7-4-8-27-23(26)16-29(40-27)30-35-25-6-3-2-5-22(25)31(37)36(30)34-17-20-11-14-28(24(33)15-20)39-18-19-9-12-21(32)13-10-19/h2-17H,18H2,1H3. The van der Waals surface area contributed by atoms with Crippen molar-refractivity contribution in [3.05, 3.63) is 121 Å². The number of aromatic nitrogens is 2. The maximum Gasteiger partial charge on any atom is 0.282 e. The van der Waals surface area contributed by atoms with Crippen LogP contribution in [0.1, 0.15) is 11.1 Å². The molecule has 2 aromatic heterocycles. The van der Waals surface area contributed by atoms with Crippen molar-refractivity contribution >= 4 is 66.6 Å². The molecule has 0 aliphatic heterocycles. The number of furan rings is 1. The smallest absolute Gasteiger partial charge is 0.282 e. The van der Waals surface area contributed by atoms with Gasteiger partial charge in [0.1, 0.15) is 23.7 Å². The first-order chi connectivity index (χ1) is 19.5. The van der Waals surface area contributed by atoms with Crippen LogP contribution in [0.2, 0.25) is 0 Å². The second kappa shape index (κ2) is 11.3. The van der Waals surface area contributed by atoms with Gasteiger partial charge >= 0.3 is 0 Å². The van der Waals surface area contributed by atoms with Crippen molar-refractivity contribution in [3.8, 4) is 23.1 Å². The Hall–Kier alpha value is -3.96. The first kappa shape index (κ1) is 26.3. The number of halogens is 2. The van der Waals surface area contributed by atoms with Crippen molar-refractivity contribution in [3.63, 3.8) is 0 Å². The third kappa shape index (κ3) is 5.26. The summed E-state index contributed by atoms with van der Waals surface area (Å²) >= 11 is 5.69. The summed E-state index contributed by atoms with van der Waals surface area (Å²) in [5.41, 5.74) is 2.76. The normalized spacial score (nSPS) is 11.5. The van der Waals surface area contributed by atoms with Crippen molar-refractivity contribution in [1.82, 2.24) is 9.66 Å². The number of nitrogens with zero attached hydrogens (tertiary/aromatic N) is 3. The van der Waals surface area contributed by atoms with Crippen LogP contribution in [0.4, 0.5) is 0 Å². The zero-order chi connectivity index (χ0) is 27.6. The van der Waals surface area contributed by atoms with E-state index >= 15 is 0 Å². The highest BCUT2D eigenvalue weighted by molar-refractivity contribution is 14.1. The first-order valence-corrected chi connectivity index (χ1v) is 14.2. The quantitative estimate of drug-likeness (QED) is 0.126. The molecule has 0 saturated heterocycles. The van der Waals surface area contributed by atoms with Crippen LogP contribution < -0.4 is 15.0 Å². The maximum absolute atomic E-state index is 13.6. The second-order valence-electron chi connectivity index (χ2n) is 8.90. The van der Waals surface area contributed by atoms with Gasteiger partial charge in [-0.2, -0.15) is 9.78 Å². The van der Waals surface area contributed by atoms with Gasteiger partial charge in [-0.15, -0.1) is 0 Å². The molecule has 0 radical (unpaired) electrons. The number of rotatable bonds is 7. The fourth-order valence-electron chi connectivity index (χ4n) is 4.29. The summed E-state index contributed by atoms with van der Waals surface area (Å²) in [5.74, 6) is 2.14. The summed E-state index contributed by atoms with van der Waals surface area (Å²) < 4.78 is 20.8. The van der Waals surface area contributed by atoms with Gasteiger partial charge in [0.2, 0.25) is 5.82 Å². The van der Waals surface area contributed by atoms with Crippen LogP contribution in [0.15, 0.2) is 110 Å². The van der Waals surface area contributed by atoms with E-state index in [9.17, 15) is 4.79 Å². The number of ether oxygens (including phenoxy) is 2. The highest BCUT2D eigenvalue weighted by atomic mass is 127. The molecule has 0 aliphatic carbocycles. The molecule has 0 aliphatic rings. The molecule has 9 heteroatoms. The minimum Gasteiger partial charge on any atom is -0.496 e. The Balaban J connectivity index is 1.36. The number of hydrogen-bond donors (Lipinski definition) is 0. The van der Waals surface area contributed by atoms with Gasteiger partial charge in [-0.3, -0.25) is 4.79 Å². The number of hydrogen-bond acceptors (Lipinski definition) is 6. The number of benzene rings is 4. The molecular weight excluding hydrogens is 685 g/mol. The molecule has 198 valence electrons. The Morgan fingerprint density at radius 3 is 2.60 bits per heavy atom. The Labute approximate surface area is 251 Å². The largest absolute Gasteiger partial charge is 0.496 e. The van der Waals surface area contributed by atoms with Crippen LogP contribution in [0, 0.1) is 3.57 Å². The summed E-state index contributed by atoms with van der Waals surface area (Å²) in [6.07, 6.45) is 1.63. The van der Waals surface area contributed by atoms with Crippen molar-refractivity contribution in [2.45, 2.75) is 6.61 Å². The summed E-state index contributed by atoms with van der Waals surface area (Å²) in [5, 5.41) is 5.81. The average molecular weight is 706 g/mol. The van der Waals surface area contributed by atoms with E-state index < -0.39 is 0 Å². The lowest BCUT2D eigenvalue weighted by Crippen LogP contribution is -2.20. The number of methoxy groups -OCH3 is 1. The molecule has 0 spiro atoms. The topological polar surface area (TPSA) is 78.9 Å². The van der Waals surface area contributed by atoms with Crippen LogP contribution in [0.5, 0.6) is 11.5 Å². The summed E-state index contributed by atoms with van der Waals surface area (Å²) in [4.78, 5) is 18.3. The zero-order valence-corrected chi connectivity index (χ0v) is 24.9. The van der Waals surface area contributed by atoms with Gasteiger partial charge in [-0.25, -0.2) is 4.98 Å². The minimum atomic E-state index is -0.298. The lowest BCUT2D eigenvalue weighted by Gasteiger charge is -2.09. The highest BCUT2D eigenvalue weighted by Gasteiger charge is 2.18. The van der Waals surface area contributed by atoms with E-state index in [0.29, 0.717) is 40.4 Å². The Kier molecular flexibility index (Phi) is 7.40. The molecule has 6 rings (SSSR count). The second-order valence-corrected chi connectivity index (χ2v) is 11.0. The van der Waals surface area contributed by atoms with Crippen LogP contribution in [-0.2, 0) is 6.61 Å². The molecule has 4 aromatic carbocycles. The molecule has 6 aromatic rings. The molecule has 0 bridgehead atoms. The zero-order valence-electron chi connectivity index (χ0n) is 21.2.